The molecule has 0 aliphatic carbocycles. The minimum absolute atomic E-state index is 0.752. The van der Waals surface area contributed by atoms with E-state index in [9.17, 15) is 0 Å². The van der Waals surface area contributed by atoms with E-state index >= 15 is 0 Å². The van der Waals surface area contributed by atoms with Crippen LogP contribution < -0.4 is 5.32 Å². The minimum Gasteiger partial charge on any atom is -0.348 e. The van der Waals surface area contributed by atoms with E-state index in [1.165, 1.54) is 0 Å². The van der Waals surface area contributed by atoms with E-state index < -0.39 is 0 Å². The molecule has 2 rings (SSSR count). The molecule has 0 aliphatic heterocycles. The predicted molar refractivity (Wildman–Crippen MR) is 50.3 cm³/mol. The van der Waals surface area contributed by atoms with Crippen molar-refractivity contribution in [3.63, 3.8) is 0 Å². The summed E-state index contributed by atoms with van der Waals surface area (Å²) < 4.78 is 1.79. The Kier molecular flexibility index (Phi) is 2.87. The van der Waals surface area contributed by atoms with Crippen LogP contribution in [-0.4, -0.2) is 31.5 Å². The molecule has 0 saturated heterocycles. The summed E-state index contributed by atoms with van der Waals surface area (Å²) in [5.74, 6) is 0.948. The average Bonchev–Trinajstić information content (AvgIpc) is 2.86. The highest BCUT2D eigenvalue weighted by atomic mass is 15.4. The Bertz CT molecular complexity index is 302. The summed E-state index contributed by atoms with van der Waals surface area (Å²) in [5.41, 5.74) is 0. The summed E-state index contributed by atoms with van der Waals surface area (Å²) in [6.45, 7) is 2.42. The lowest BCUT2D eigenvalue weighted by molar-refractivity contribution is 0.535. The van der Waals surface area contributed by atoms with Gasteiger partial charge in [-0.15, -0.1) is 5.10 Å². The topological polar surface area (TPSA) is 71.4 Å². The highest BCUT2D eigenvalue weighted by Gasteiger charge is 1.94. The van der Waals surface area contributed by atoms with Crippen LogP contribution >= 0.6 is 0 Å². The molecular formula is C8H12N6. The summed E-state index contributed by atoms with van der Waals surface area (Å²) in [4.78, 5) is 7.12. The molecule has 2 heterocycles. The molecule has 0 atom stereocenters. The van der Waals surface area contributed by atoms with Gasteiger partial charge in [-0.2, -0.15) is 0 Å². The van der Waals surface area contributed by atoms with Gasteiger partial charge in [-0.1, -0.05) is 5.21 Å². The van der Waals surface area contributed by atoms with Gasteiger partial charge in [0.25, 0.3) is 0 Å². The van der Waals surface area contributed by atoms with Crippen molar-refractivity contribution < 1.29 is 0 Å². The zero-order valence-corrected chi connectivity index (χ0v) is 7.72. The molecule has 0 amide bonds. The van der Waals surface area contributed by atoms with Gasteiger partial charge in [0.1, 0.15) is 5.82 Å². The van der Waals surface area contributed by atoms with Gasteiger partial charge < -0.3 is 10.3 Å². The van der Waals surface area contributed by atoms with Gasteiger partial charge in [-0.3, -0.25) is 4.68 Å². The smallest absolute Gasteiger partial charge is 0.120 e. The van der Waals surface area contributed by atoms with Gasteiger partial charge in [0.2, 0.25) is 0 Å². The first-order valence-electron chi connectivity index (χ1n) is 4.48. The summed E-state index contributed by atoms with van der Waals surface area (Å²) in [6.07, 6.45) is 7.07. The van der Waals surface area contributed by atoms with E-state index in [-0.39, 0.29) is 0 Å². The van der Waals surface area contributed by atoms with E-state index in [2.05, 4.69) is 25.6 Å². The summed E-state index contributed by atoms with van der Waals surface area (Å²) >= 11 is 0. The van der Waals surface area contributed by atoms with Crippen LogP contribution in [0.1, 0.15) is 5.82 Å². The monoisotopic (exact) mass is 192 g/mol. The number of nitrogens with zero attached hydrogens (tertiary/aromatic N) is 4. The van der Waals surface area contributed by atoms with Gasteiger partial charge in [-0.25, -0.2) is 4.98 Å². The third-order valence-electron chi connectivity index (χ3n) is 1.84. The second-order valence-corrected chi connectivity index (χ2v) is 2.88. The Morgan fingerprint density at radius 3 is 3.14 bits per heavy atom. The van der Waals surface area contributed by atoms with Gasteiger partial charge >= 0.3 is 0 Å². The predicted octanol–water partition coefficient (Wildman–Crippen LogP) is -0.209. The fourth-order valence-corrected chi connectivity index (χ4v) is 1.15. The Balaban J connectivity index is 1.65. The van der Waals surface area contributed by atoms with Gasteiger partial charge in [-0.05, 0) is 0 Å². The van der Waals surface area contributed by atoms with Crippen LogP contribution in [-0.2, 0) is 13.1 Å². The molecule has 2 aromatic rings. The zero-order valence-electron chi connectivity index (χ0n) is 7.72. The van der Waals surface area contributed by atoms with Crippen LogP contribution in [0.25, 0.3) is 0 Å². The second kappa shape index (κ2) is 4.52. The molecule has 0 aromatic carbocycles. The Hall–Kier alpha value is -1.69. The lowest BCUT2D eigenvalue weighted by Gasteiger charge is -2.01. The fourth-order valence-electron chi connectivity index (χ4n) is 1.15. The SMILES string of the molecule is c1cn(CCNCc2ncc[nH]2)nn1. The maximum Gasteiger partial charge on any atom is 0.120 e. The number of aromatic amines is 1. The lowest BCUT2D eigenvalue weighted by Crippen LogP contribution is -2.20. The third-order valence-corrected chi connectivity index (χ3v) is 1.84. The van der Waals surface area contributed by atoms with Crippen molar-refractivity contribution in [1.29, 1.82) is 0 Å². The van der Waals surface area contributed by atoms with E-state index in [4.69, 9.17) is 0 Å². The van der Waals surface area contributed by atoms with Crippen LogP contribution in [0.5, 0.6) is 0 Å². The van der Waals surface area contributed by atoms with Crippen LogP contribution in [0.15, 0.2) is 24.8 Å². The van der Waals surface area contributed by atoms with Crippen molar-refractivity contribution in [2.24, 2.45) is 0 Å². The van der Waals surface area contributed by atoms with Crippen LogP contribution in [0.4, 0.5) is 0 Å². The Labute approximate surface area is 81.4 Å². The molecule has 0 saturated carbocycles. The number of imidazole rings is 1. The fraction of sp³-hybridized carbons (Fsp3) is 0.375. The number of hydrogen-bond acceptors (Lipinski definition) is 4. The normalized spacial score (nSPS) is 10.6. The molecule has 0 aliphatic rings. The number of aromatic nitrogens is 5. The highest BCUT2D eigenvalue weighted by Crippen LogP contribution is 1.86. The van der Waals surface area contributed by atoms with E-state index in [1.54, 1.807) is 17.1 Å². The first-order valence-corrected chi connectivity index (χ1v) is 4.48. The van der Waals surface area contributed by atoms with Crippen molar-refractivity contribution in [3.8, 4) is 0 Å². The zero-order chi connectivity index (χ0) is 9.64. The van der Waals surface area contributed by atoms with Crippen LogP contribution in [0.2, 0.25) is 0 Å². The van der Waals surface area contributed by atoms with Crippen molar-refractivity contribution in [1.82, 2.24) is 30.3 Å². The Morgan fingerprint density at radius 2 is 2.43 bits per heavy atom. The number of rotatable bonds is 5. The maximum absolute atomic E-state index is 4.10. The largest absolute Gasteiger partial charge is 0.348 e. The molecule has 14 heavy (non-hydrogen) atoms. The Morgan fingerprint density at radius 1 is 1.43 bits per heavy atom. The average molecular weight is 192 g/mol. The molecule has 0 radical (unpaired) electrons. The first-order chi connectivity index (χ1) is 6.95. The van der Waals surface area contributed by atoms with E-state index in [0.717, 1.165) is 25.5 Å². The van der Waals surface area contributed by atoms with Crippen molar-refractivity contribution in [3.05, 3.63) is 30.6 Å². The van der Waals surface area contributed by atoms with Crippen LogP contribution in [0, 0.1) is 0 Å². The molecule has 2 N–H and O–H groups in total. The molecule has 6 nitrogen and oxygen atoms in total. The summed E-state index contributed by atoms with van der Waals surface area (Å²) in [6, 6.07) is 0. The molecule has 2 aromatic heterocycles. The molecule has 74 valence electrons. The molecule has 0 spiro atoms. The standard InChI is InChI=1S/C8H12N6/c1-2-11-8(10-1)7-9-3-5-14-6-4-12-13-14/h1-2,4,6,9H,3,5,7H2,(H,10,11). The van der Waals surface area contributed by atoms with Crippen molar-refractivity contribution >= 4 is 0 Å². The maximum atomic E-state index is 4.10. The lowest BCUT2D eigenvalue weighted by atomic mass is 10.5. The van der Waals surface area contributed by atoms with Crippen molar-refractivity contribution in [2.45, 2.75) is 13.1 Å². The highest BCUT2D eigenvalue weighted by molar-refractivity contribution is 4.85. The van der Waals surface area contributed by atoms with Gasteiger partial charge in [0, 0.05) is 25.1 Å². The van der Waals surface area contributed by atoms with Gasteiger partial charge in [0.15, 0.2) is 0 Å². The van der Waals surface area contributed by atoms with Gasteiger partial charge in [0.05, 0.1) is 19.3 Å². The van der Waals surface area contributed by atoms with E-state index in [0.29, 0.717) is 0 Å². The molecule has 0 fully saturated rings. The molecule has 6 heteroatoms. The molecule has 0 unspecified atom stereocenters. The third kappa shape index (κ3) is 2.40. The van der Waals surface area contributed by atoms with Crippen LogP contribution in [0.3, 0.4) is 0 Å². The number of nitrogens with one attached hydrogen (secondary N) is 2. The number of hydrogen-bond donors (Lipinski definition) is 2. The number of H-pyrrole nitrogens is 1. The van der Waals surface area contributed by atoms with E-state index in [1.807, 2.05) is 12.4 Å². The molecular weight excluding hydrogens is 180 g/mol. The first kappa shape index (κ1) is 8.89. The summed E-state index contributed by atoms with van der Waals surface area (Å²) in [5, 5.41) is 10.8. The summed E-state index contributed by atoms with van der Waals surface area (Å²) in [7, 11) is 0. The quantitative estimate of drug-likeness (QED) is 0.643. The van der Waals surface area contributed by atoms with Crippen molar-refractivity contribution in [2.75, 3.05) is 6.54 Å². The minimum atomic E-state index is 0.752. The second-order valence-electron chi connectivity index (χ2n) is 2.88. The molecule has 0 bridgehead atoms.